The van der Waals surface area contributed by atoms with E-state index in [1.54, 1.807) is 0 Å². The standard InChI is InChI=1S/C16H27NS/c1-6-14(17)15(16(3,4)5)18-11-13-9-7-8-12(2)10-13/h7-10,14-15H,6,11,17H2,1-5H3. The summed E-state index contributed by atoms with van der Waals surface area (Å²) in [5.74, 6) is 1.05. The average molecular weight is 265 g/mol. The summed E-state index contributed by atoms with van der Waals surface area (Å²) in [6.45, 7) is 11.2. The van der Waals surface area contributed by atoms with Crippen LogP contribution in [0.3, 0.4) is 0 Å². The summed E-state index contributed by atoms with van der Waals surface area (Å²) < 4.78 is 0. The molecule has 0 spiro atoms. The lowest BCUT2D eigenvalue weighted by Crippen LogP contribution is -2.40. The van der Waals surface area contributed by atoms with E-state index in [1.807, 2.05) is 11.8 Å². The first-order valence-corrected chi connectivity index (χ1v) is 7.82. The fourth-order valence-electron chi connectivity index (χ4n) is 2.22. The third-order valence-corrected chi connectivity index (χ3v) is 5.14. The normalized spacial score (nSPS) is 15.4. The second-order valence-corrected chi connectivity index (χ2v) is 7.29. The quantitative estimate of drug-likeness (QED) is 0.855. The molecule has 0 saturated heterocycles. The molecule has 0 radical (unpaired) electrons. The first-order chi connectivity index (χ1) is 8.34. The number of nitrogens with two attached hydrogens (primary N) is 1. The minimum Gasteiger partial charge on any atom is -0.327 e. The van der Waals surface area contributed by atoms with Crippen molar-refractivity contribution in [3.8, 4) is 0 Å². The Balaban J connectivity index is 2.68. The van der Waals surface area contributed by atoms with Gasteiger partial charge in [-0.05, 0) is 24.3 Å². The van der Waals surface area contributed by atoms with Crippen molar-refractivity contribution in [1.82, 2.24) is 0 Å². The van der Waals surface area contributed by atoms with Gasteiger partial charge >= 0.3 is 0 Å². The lowest BCUT2D eigenvalue weighted by atomic mass is 9.87. The predicted molar refractivity (Wildman–Crippen MR) is 84.0 cm³/mol. The highest BCUT2D eigenvalue weighted by Gasteiger charge is 2.29. The first kappa shape index (κ1) is 15.6. The van der Waals surface area contributed by atoms with E-state index in [4.69, 9.17) is 5.73 Å². The lowest BCUT2D eigenvalue weighted by molar-refractivity contribution is 0.350. The molecule has 0 aliphatic heterocycles. The zero-order valence-corrected chi connectivity index (χ0v) is 13.2. The van der Waals surface area contributed by atoms with Gasteiger partial charge in [0.25, 0.3) is 0 Å². The van der Waals surface area contributed by atoms with Gasteiger partial charge in [0.2, 0.25) is 0 Å². The molecule has 2 unspecified atom stereocenters. The van der Waals surface area contributed by atoms with Crippen molar-refractivity contribution in [3.05, 3.63) is 35.4 Å². The predicted octanol–water partition coefficient (Wildman–Crippen LogP) is 4.38. The van der Waals surface area contributed by atoms with Crippen molar-refractivity contribution < 1.29 is 0 Å². The molecule has 1 aromatic carbocycles. The Morgan fingerprint density at radius 3 is 2.44 bits per heavy atom. The number of aryl methyl sites for hydroxylation is 1. The minimum atomic E-state index is 0.254. The van der Waals surface area contributed by atoms with E-state index >= 15 is 0 Å². The van der Waals surface area contributed by atoms with Crippen LogP contribution in [0.1, 0.15) is 45.2 Å². The van der Waals surface area contributed by atoms with E-state index in [1.165, 1.54) is 11.1 Å². The Kier molecular flexibility index (Phi) is 5.74. The zero-order chi connectivity index (χ0) is 13.8. The third-order valence-electron chi connectivity index (χ3n) is 3.23. The Morgan fingerprint density at radius 2 is 1.94 bits per heavy atom. The summed E-state index contributed by atoms with van der Waals surface area (Å²) in [6.07, 6.45) is 1.04. The van der Waals surface area contributed by atoms with Gasteiger partial charge in [0.1, 0.15) is 0 Å². The van der Waals surface area contributed by atoms with Gasteiger partial charge in [0.15, 0.2) is 0 Å². The van der Waals surface area contributed by atoms with Crippen LogP contribution < -0.4 is 5.73 Å². The van der Waals surface area contributed by atoms with Crippen LogP contribution in [0, 0.1) is 12.3 Å². The molecule has 102 valence electrons. The highest BCUT2D eigenvalue weighted by atomic mass is 32.2. The molecule has 18 heavy (non-hydrogen) atoms. The summed E-state index contributed by atoms with van der Waals surface area (Å²) in [4.78, 5) is 0. The monoisotopic (exact) mass is 265 g/mol. The molecule has 2 atom stereocenters. The van der Waals surface area contributed by atoms with Crippen molar-refractivity contribution in [2.75, 3.05) is 0 Å². The van der Waals surface area contributed by atoms with E-state index < -0.39 is 0 Å². The van der Waals surface area contributed by atoms with Gasteiger partial charge in [0.05, 0.1) is 0 Å². The number of rotatable bonds is 5. The molecular weight excluding hydrogens is 238 g/mol. The maximum absolute atomic E-state index is 6.28. The van der Waals surface area contributed by atoms with Crippen molar-refractivity contribution in [3.63, 3.8) is 0 Å². The smallest absolute Gasteiger partial charge is 0.0250 e. The van der Waals surface area contributed by atoms with Gasteiger partial charge in [-0.3, -0.25) is 0 Å². The maximum atomic E-state index is 6.28. The summed E-state index contributed by atoms with van der Waals surface area (Å²) in [5, 5.41) is 0.503. The summed E-state index contributed by atoms with van der Waals surface area (Å²) in [6, 6.07) is 9.03. The van der Waals surface area contributed by atoms with Gasteiger partial charge in [-0.25, -0.2) is 0 Å². The molecule has 2 heteroatoms. The zero-order valence-electron chi connectivity index (χ0n) is 12.4. The van der Waals surface area contributed by atoms with E-state index in [0.717, 1.165) is 12.2 Å². The summed E-state index contributed by atoms with van der Waals surface area (Å²) in [7, 11) is 0. The molecule has 0 heterocycles. The number of hydrogen-bond donors (Lipinski definition) is 1. The number of hydrogen-bond acceptors (Lipinski definition) is 2. The van der Waals surface area contributed by atoms with Crippen LogP contribution in [-0.2, 0) is 5.75 Å². The Hall–Kier alpha value is -0.470. The summed E-state index contributed by atoms with van der Waals surface area (Å²) >= 11 is 2.00. The van der Waals surface area contributed by atoms with Crippen LogP contribution >= 0.6 is 11.8 Å². The third kappa shape index (κ3) is 4.66. The molecule has 1 rings (SSSR count). The maximum Gasteiger partial charge on any atom is 0.0250 e. The van der Waals surface area contributed by atoms with Crippen LogP contribution in [0.2, 0.25) is 0 Å². The van der Waals surface area contributed by atoms with Gasteiger partial charge in [-0.2, -0.15) is 11.8 Å². The number of thioether (sulfide) groups is 1. The van der Waals surface area contributed by atoms with Gasteiger partial charge in [-0.1, -0.05) is 57.5 Å². The van der Waals surface area contributed by atoms with Crippen molar-refractivity contribution in [1.29, 1.82) is 0 Å². The molecule has 0 amide bonds. The van der Waals surface area contributed by atoms with Crippen LogP contribution in [0.15, 0.2) is 24.3 Å². The fraction of sp³-hybridized carbons (Fsp3) is 0.625. The molecule has 1 aromatic rings. The molecular formula is C16H27NS. The fourth-order valence-corrected chi connectivity index (χ4v) is 3.71. The molecule has 0 bridgehead atoms. The topological polar surface area (TPSA) is 26.0 Å². The largest absolute Gasteiger partial charge is 0.327 e. The van der Waals surface area contributed by atoms with Gasteiger partial charge in [-0.15, -0.1) is 0 Å². The van der Waals surface area contributed by atoms with Gasteiger partial charge in [0, 0.05) is 17.0 Å². The van der Waals surface area contributed by atoms with E-state index in [0.29, 0.717) is 5.25 Å². The SMILES string of the molecule is CCC(N)C(SCc1cccc(C)c1)C(C)(C)C. The van der Waals surface area contributed by atoms with Crippen LogP contribution in [0.5, 0.6) is 0 Å². The van der Waals surface area contributed by atoms with Crippen molar-refractivity contribution in [2.24, 2.45) is 11.1 Å². The van der Waals surface area contributed by atoms with Crippen LogP contribution in [0.25, 0.3) is 0 Å². The average Bonchev–Trinajstić information content (AvgIpc) is 2.27. The van der Waals surface area contributed by atoms with Gasteiger partial charge < -0.3 is 5.73 Å². The van der Waals surface area contributed by atoms with Crippen LogP contribution in [-0.4, -0.2) is 11.3 Å². The molecule has 0 aliphatic rings. The second kappa shape index (κ2) is 6.63. The van der Waals surface area contributed by atoms with Crippen LogP contribution in [0.4, 0.5) is 0 Å². The van der Waals surface area contributed by atoms with E-state index in [-0.39, 0.29) is 11.5 Å². The molecule has 0 aliphatic carbocycles. The molecule has 0 aromatic heterocycles. The Morgan fingerprint density at radius 1 is 1.28 bits per heavy atom. The summed E-state index contributed by atoms with van der Waals surface area (Å²) in [5.41, 5.74) is 9.26. The Bertz CT molecular complexity index is 368. The van der Waals surface area contributed by atoms with E-state index in [2.05, 4.69) is 58.9 Å². The van der Waals surface area contributed by atoms with E-state index in [9.17, 15) is 0 Å². The Labute approximate surface area is 117 Å². The van der Waals surface area contributed by atoms with Crippen molar-refractivity contribution in [2.45, 2.75) is 58.1 Å². The van der Waals surface area contributed by atoms with Crippen molar-refractivity contribution >= 4 is 11.8 Å². The highest BCUT2D eigenvalue weighted by molar-refractivity contribution is 7.99. The molecule has 1 nitrogen and oxygen atoms in total. The molecule has 0 fully saturated rings. The second-order valence-electron chi connectivity index (χ2n) is 6.16. The highest BCUT2D eigenvalue weighted by Crippen LogP contribution is 2.35. The lowest BCUT2D eigenvalue weighted by Gasteiger charge is -2.34. The minimum absolute atomic E-state index is 0.254. The number of benzene rings is 1. The molecule has 2 N–H and O–H groups in total. The first-order valence-electron chi connectivity index (χ1n) is 6.77. The molecule has 0 saturated carbocycles.